The van der Waals surface area contributed by atoms with Crippen molar-refractivity contribution in [3.63, 3.8) is 0 Å². The number of aryl methyl sites for hydroxylation is 1. The van der Waals surface area contributed by atoms with Gasteiger partial charge in [-0.2, -0.15) is 0 Å². The quantitative estimate of drug-likeness (QED) is 0.634. The molecule has 1 aromatic heterocycles. The van der Waals surface area contributed by atoms with E-state index in [1.54, 1.807) is 25.1 Å². The Morgan fingerprint density at radius 1 is 1.41 bits per heavy atom. The lowest BCUT2D eigenvalue weighted by atomic mass is 10.2. The van der Waals surface area contributed by atoms with Crippen molar-refractivity contribution in [1.29, 1.82) is 0 Å². The fourth-order valence-corrected chi connectivity index (χ4v) is 2.00. The van der Waals surface area contributed by atoms with Crippen LogP contribution in [0.1, 0.15) is 23.0 Å². The third kappa shape index (κ3) is 3.85. The second kappa shape index (κ2) is 6.61. The van der Waals surface area contributed by atoms with Crippen molar-refractivity contribution in [2.45, 2.75) is 20.0 Å². The normalized spacial score (nSPS) is 11.8. The molecule has 0 radical (unpaired) electrons. The summed E-state index contributed by atoms with van der Waals surface area (Å²) in [4.78, 5) is 24.0. The molecule has 2 rings (SSSR count). The SMILES string of the molecule is Cc1cc(NC(=O)C(C)OC(=O)c2cc(Br)ccc2N)no1. The van der Waals surface area contributed by atoms with Crippen molar-refractivity contribution in [2.24, 2.45) is 0 Å². The highest BCUT2D eigenvalue weighted by molar-refractivity contribution is 9.10. The first-order valence-corrected chi connectivity index (χ1v) is 7.16. The summed E-state index contributed by atoms with van der Waals surface area (Å²) in [5, 5.41) is 6.11. The number of anilines is 2. The number of nitrogens with one attached hydrogen (secondary N) is 1. The van der Waals surface area contributed by atoms with Gasteiger partial charge in [0, 0.05) is 16.2 Å². The Kier molecular flexibility index (Phi) is 4.81. The van der Waals surface area contributed by atoms with Gasteiger partial charge in [-0.05, 0) is 32.0 Å². The topological polar surface area (TPSA) is 107 Å². The number of benzene rings is 1. The predicted octanol–water partition coefficient (Wildman–Crippen LogP) is 2.51. The van der Waals surface area contributed by atoms with Gasteiger partial charge in [-0.1, -0.05) is 21.1 Å². The molecule has 3 N–H and O–H groups in total. The molecule has 8 heteroatoms. The van der Waals surface area contributed by atoms with Crippen molar-refractivity contribution in [3.8, 4) is 0 Å². The summed E-state index contributed by atoms with van der Waals surface area (Å²) in [6.07, 6.45) is -1.01. The largest absolute Gasteiger partial charge is 0.449 e. The number of nitrogens with zero attached hydrogens (tertiary/aromatic N) is 1. The van der Waals surface area contributed by atoms with Crippen LogP contribution in [0.4, 0.5) is 11.5 Å². The number of rotatable bonds is 4. The second-order valence-electron chi connectivity index (χ2n) is 4.59. The van der Waals surface area contributed by atoms with Gasteiger partial charge >= 0.3 is 5.97 Å². The van der Waals surface area contributed by atoms with Gasteiger partial charge < -0.3 is 20.3 Å². The highest BCUT2D eigenvalue weighted by Gasteiger charge is 2.21. The number of ether oxygens (including phenoxy) is 1. The molecule has 0 fully saturated rings. The highest BCUT2D eigenvalue weighted by Crippen LogP contribution is 2.20. The molecule has 1 heterocycles. The minimum absolute atomic E-state index is 0.186. The first-order valence-electron chi connectivity index (χ1n) is 6.37. The summed E-state index contributed by atoms with van der Waals surface area (Å²) < 4.78 is 10.6. The van der Waals surface area contributed by atoms with Gasteiger partial charge in [0.25, 0.3) is 5.91 Å². The van der Waals surface area contributed by atoms with Crippen molar-refractivity contribution in [1.82, 2.24) is 5.16 Å². The Morgan fingerprint density at radius 2 is 2.14 bits per heavy atom. The second-order valence-corrected chi connectivity index (χ2v) is 5.51. The van der Waals surface area contributed by atoms with Crippen LogP contribution < -0.4 is 11.1 Å². The number of nitrogen functional groups attached to an aromatic ring is 1. The molecule has 1 atom stereocenters. The maximum atomic E-state index is 12.1. The van der Waals surface area contributed by atoms with Gasteiger partial charge in [-0.15, -0.1) is 0 Å². The lowest BCUT2D eigenvalue weighted by Gasteiger charge is -2.13. The molecule has 1 amide bonds. The van der Waals surface area contributed by atoms with Crippen LogP contribution in [0.5, 0.6) is 0 Å². The van der Waals surface area contributed by atoms with E-state index >= 15 is 0 Å². The molecule has 1 unspecified atom stereocenters. The summed E-state index contributed by atoms with van der Waals surface area (Å²) in [6, 6.07) is 6.36. The zero-order valence-corrected chi connectivity index (χ0v) is 13.5. The molecule has 0 bridgehead atoms. The van der Waals surface area contributed by atoms with Crippen LogP contribution in [0, 0.1) is 6.92 Å². The smallest absolute Gasteiger partial charge is 0.341 e. The van der Waals surface area contributed by atoms with Gasteiger partial charge in [-0.3, -0.25) is 4.79 Å². The number of aromatic nitrogens is 1. The molecule has 116 valence electrons. The number of carbonyl (C=O) groups is 2. The van der Waals surface area contributed by atoms with E-state index in [-0.39, 0.29) is 17.1 Å². The molecule has 7 nitrogen and oxygen atoms in total. The minimum Gasteiger partial charge on any atom is -0.449 e. The average Bonchev–Trinajstić information content (AvgIpc) is 2.86. The summed E-state index contributed by atoms with van der Waals surface area (Å²) in [5.41, 5.74) is 6.18. The van der Waals surface area contributed by atoms with Crippen LogP contribution in [-0.4, -0.2) is 23.1 Å². The van der Waals surface area contributed by atoms with Gasteiger partial charge in [0.05, 0.1) is 5.56 Å². The molecular weight excluding hydrogens is 354 g/mol. The molecule has 22 heavy (non-hydrogen) atoms. The molecular formula is C14H14BrN3O4. The molecule has 1 aromatic carbocycles. The minimum atomic E-state index is -1.01. The van der Waals surface area contributed by atoms with Gasteiger partial charge in [0.2, 0.25) is 0 Å². The Hall–Kier alpha value is -2.35. The van der Waals surface area contributed by atoms with Crippen LogP contribution >= 0.6 is 15.9 Å². The Bertz CT molecular complexity index is 714. The Morgan fingerprint density at radius 3 is 2.77 bits per heavy atom. The van der Waals surface area contributed by atoms with Crippen LogP contribution in [-0.2, 0) is 9.53 Å². The van der Waals surface area contributed by atoms with E-state index in [0.717, 1.165) is 0 Å². The van der Waals surface area contributed by atoms with Crippen molar-refractivity contribution >= 4 is 39.3 Å². The Balaban J connectivity index is 2.01. The number of hydrogen-bond acceptors (Lipinski definition) is 6. The van der Waals surface area contributed by atoms with Crippen molar-refractivity contribution < 1.29 is 18.8 Å². The number of esters is 1. The third-order valence-corrected chi connectivity index (χ3v) is 3.26. The molecule has 0 saturated heterocycles. The maximum Gasteiger partial charge on any atom is 0.341 e. The lowest BCUT2D eigenvalue weighted by Crippen LogP contribution is -2.30. The zero-order valence-electron chi connectivity index (χ0n) is 11.9. The molecule has 0 aliphatic carbocycles. The first-order chi connectivity index (χ1) is 10.4. The van der Waals surface area contributed by atoms with Gasteiger partial charge in [-0.25, -0.2) is 4.79 Å². The van der Waals surface area contributed by atoms with E-state index in [1.165, 1.54) is 13.0 Å². The van der Waals surface area contributed by atoms with Crippen LogP contribution in [0.15, 0.2) is 33.3 Å². The van der Waals surface area contributed by atoms with Gasteiger partial charge in [0.15, 0.2) is 11.9 Å². The monoisotopic (exact) mass is 367 g/mol. The third-order valence-electron chi connectivity index (χ3n) is 2.77. The maximum absolute atomic E-state index is 12.1. The van der Waals surface area contributed by atoms with E-state index in [1.807, 2.05) is 0 Å². The zero-order chi connectivity index (χ0) is 16.3. The molecule has 2 aromatic rings. The molecule has 0 aliphatic rings. The van der Waals surface area contributed by atoms with E-state index in [0.29, 0.717) is 10.2 Å². The number of hydrogen-bond donors (Lipinski definition) is 2. The first kappa shape index (κ1) is 16.0. The van der Waals surface area contributed by atoms with Gasteiger partial charge in [0.1, 0.15) is 5.76 Å². The number of nitrogens with two attached hydrogens (primary N) is 1. The predicted molar refractivity (Wildman–Crippen MR) is 83.3 cm³/mol. The highest BCUT2D eigenvalue weighted by atomic mass is 79.9. The summed E-state index contributed by atoms with van der Waals surface area (Å²) >= 11 is 3.25. The average molecular weight is 368 g/mol. The van der Waals surface area contributed by atoms with E-state index in [9.17, 15) is 9.59 Å². The van der Waals surface area contributed by atoms with Crippen LogP contribution in [0.2, 0.25) is 0 Å². The summed E-state index contributed by atoms with van der Waals surface area (Å²) in [7, 11) is 0. The van der Waals surface area contributed by atoms with E-state index in [4.69, 9.17) is 15.0 Å². The number of halogens is 1. The van der Waals surface area contributed by atoms with Crippen molar-refractivity contribution in [3.05, 3.63) is 40.1 Å². The molecule has 0 saturated carbocycles. The summed E-state index contributed by atoms with van der Waals surface area (Å²) in [6.45, 7) is 3.15. The lowest BCUT2D eigenvalue weighted by molar-refractivity contribution is -0.123. The molecule has 0 aliphatic heterocycles. The fraction of sp³-hybridized carbons (Fsp3) is 0.214. The standard InChI is InChI=1S/C14H14BrN3O4/c1-7-5-12(18-22-7)17-13(19)8(2)21-14(20)10-6-9(15)3-4-11(10)16/h3-6,8H,16H2,1-2H3,(H,17,18,19). The fourth-order valence-electron chi connectivity index (χ4n) is 1.64. The Labute approximate surface area is 134 Å². The number of carbonyl (C=O) groups excluding carboxylic acids is 2. The van der Waals surface area contributed by atoms with Crippen LogP contribution in [0.3, 0.4) is 0 Å². The summed E-state index contributed by atoms with van der Waals surface area (Å²) in [5.74, 6) is -0.387. The van der Waals surface area contributed by atoms with Crippen LogP contribution in [0.25, 0.3) is 0 Å². The number of amides is 1. The van der Waals surface area contributed by atoms with E-state index in [2.05, 4.69) is 26.4 Å². The van der Waals surface area contributed by atoms with Crippen molar-refractivity contribution in [2.75, 3.05) is 11.1 Å². The van der Waals surface area contributed by atoms with E-state index < -0.39 is 18.0 Å². The molecule has 0 spiro atoms.